The lowest BCUT2D eigenvalue weighted by Gasteiger charge is -2.12. The number of nitrogens with zero attached hydrogens (tertiary/aromatic N) is 1. The second kappa shape index (κ2) is 8.44. The highest BCUT2D eigenvalue weighted by atomic mass is 32.1. The van der Waals surface area contributed by atoms with Crippen LogP contribution in [0.15, 0.2) is 17.0 Å². The predicted molar refractivity (Wildman–Crippen MR) is 92.0 cm³/mol. The maximum absolute atomic E-state index is 12.1. The smallest absolute Gasteiger partial charge is 0.270 e. The Hall–Kier alpha value is -1.20. The lowest BCUT2D eigenvalue weighted by molar-refractivity contribution is 0.0949. The molecule has 1 heterocycles. The molecule has 22 heavy (non-hydrogen) atoms. The molecule has 1 aliphatic carbocycles. The second-order valence-electron chi connectivity index (χ2n) is 6.42. The summed E-state index contributed by atoms with van der Waals surface area (Å²) in [5.74, 6) is 0.440. The number of hydrogen-bond donors (Lipinski definition) is 2. The third-order valence-electron chi connectivity index (χ3n) is 3.91. The number of hydrogen-bond acceptors (Lipinski definition) is 4. The predicted octanol–water partition coefficient (Wildman–Crippen LogP) is 3.81. The third-order valence-corrected chi connectivity index (χ3v) is 4.89. The first-order valence-electron chi connectivity index (χ1n) is 8.23. The van der Waals surface area contributed by atoms with Crippen molar-refractivity contribution >= 4 is 17.2 Å². The minimum atomic E-state index is -0.0874. The van der Waals surface area contributed by atoms with Crippen LogP contribution in [0.2, 0.25) is 0 Å². The van der Waals surface area contributed by atoms with Crippen LogP contribution in [0.3, 0.4) is 0 Å². The van der Waals surface area contributed by atoms with Crippen molar-refractivity contribution in [2.24, 2.45) is 11.7 Å². The van der Waals surface area contributed by atoms with Crippen molar-refractivity contribution in [3.05, 3.63) is 27.7 Å². The van der Waals surface area contributed by atoms with E-state index in [-0.39, 0.29) is 11.9 Å². The maximum atomic E-state index is 12.1. The number of aromatic nitrogens is 1. The molecule has 122 valence electrons. The molecule has 0 bridgehead atoms. The van der Waals surface area contributed by atoms with E-state index in [1.165, 1.54) is 42.6 Å². The zero-order valence-corrected chi connectivity index (χ0v) is 14.4. The molecule has 0 radical (unpaired) electrons. The molecule has 4 nitrogen and oxygen atoms in total. The van der Waals surface area contributed by atoms with E-state index >= 15 is 0 Å². The van der Waals surface area contributed by atoms with Crippen LogP contribution in [0.25, 0.3) is 0 Å². The lowest BCUT2D eigenvalue weighted by Crippen LogP contribution is -2.25. The van der Waals surface area contributed by atoms with E-state index in [0.717, 1.165) is 17.8 Å². The van der Waals surface area contributed by atoms with Crippen LogP contribution in [0.4, 0.5) is 0 Å². The maximum Gasteiger partial charge on any atom is 0.270 e. The van der Waals surface area contributed by atoms with E-state index in [1.54, 1.807) is 0 Å². The Bertz CT molecular complexity index is 522. The van der Waals surface area contributed by atoms with Gasteiger partial charge in [0.1, 0.15) is 10.7 Å². The third kappa shape index (κ3) is 5.21. The zero-order valence-electron chi connectivity index (χ0n) is 13.6. The zero-order chi connectivity index (χ0) is 15.9. The summed E-state index contributed by atoms with van der Waals surface area (Å²) < 4.78 is 0. The Morgan fingerprint density at radius 1 is 1.45 bits per heavy atom. The number of nitrogens with one attached hydrogen (secondary N) is 1. The normalized spacial score (nSPS) is 16.5. The van der Waals surface area contributed by atoms with Gasteiger partial charge in [-0.2, -0.15) is 0 Å². The van der Waals surface area contributed by atoms with Gasteiger partial charge in [-0.1, -0.05) is 25.5 Å². The summed E-state index contributed by atoms with van der Waals surface area (Å²) in [6.45, 7) is 4.97. The van der Waals surface area contributed by atoms with Crippen LogP contribution < -0.4 is 11.1 Å². The van der Waals surface area contributed by atoms with Gasteiger partial charge in [0.05, 0.1) is 6.04 Å². The standard InChI is InChI=1S/C17H27N3OS/c1-12(2)10-14(18)17-20-15(11-22-17)16(21)19-9-8-13-6-4-3-5-7-13/h6,11-12,14H,3-5,7-10,18H2,1-2H3,(H,19,21). The molecule has 0 saturated heterocycles. The number of thiazole rings is 1. The van der Waals surface area contributed by atoms with Gasteiger partial charge in [-0.05, 0) is 44.4 Å². The van der Waals surface area contributed by atoms with Crippen LogP contribution in [0.1, 0.15) is 73.9 Å². The molecule has 0 saturated carbocycles. The Balaban J connectivity index is 1.80. The average molecular weight is 321 g/mol. The monoisotopic (exact) mass is 321 g/mol. The molecule has 0 spiro atoms. The van der Waals surface area contributed by atoms with Gasteiger partial charge in [0.15, 0.2) is 0 Å². The van der Waals surface area contributed by atoms with Crippen LogP contribution in [0, 0.1) is 5.92 Å². The van der Waals surface area contributed by atoms with Gasteiger partial charge in [0.2, 0.25) is 0 Å². The molecule has 1 aromatic rings. The first-order valence-corrected chi connectivity index (χ1v) is 9.11. The number of amides is 1. The van der Waals surface area contributed by atoms with Crippen LogP contribution >= 0.6 is 11.3 Å². The number of carbonyl (C=O) groups is 1. The highest BCUT2D eigenvalue weighted by Crippen LogP contribution is 2.22. The van der Waals surface area contributed by atoms with Crippen LogP contribution in [-0.4, -0.2) is 17.4 Å². The summed E-state index contributed by atoms with van der Waals surface area (Å²) in [5.41, 5.74) is 8.09. The molecule has 1 amide bonds. The second-order valence-corrected chi connectivity index (χ2v) is 7.31. The SMILES string of the molecule is CC(C)CC(N)c1nc(C(=O)NCCC2=CCCCC2)cs1. The van der Waals surface area contributed by atoms with E-state index in [1.807, 2.05) is 5.38 Å². The number of rotatable bonds is 7. The van der Waals surface area contributed by atoms with Gasteiger partial charge in [-0.25, -0.2) is 4.98 Å². The Kier molecular flexibility index (Phi) is 6.58. The summed E-state index contributed by atoms with van der Waals surface area (Å²) in [5, 5.41) is 5.63. The van der Waals surface area contributed by atoms with Crippen LogP contribution in [-0.2, 0) is 0 Å². The quantitative estimate of drug-likeness (QED) is 0.750. The molecular weight excluding hydrogens is 294 g/mol. The fraction of sp³-hybridized carbons (Fsp3) is 0.647. The van der Waals surface area contributed by atoms with Gasteiger partial charge < -0.3 is 11.1 Å². The van der Waals surface area contributed by atoms with Crippen molar-refractivity contribution in [3.8, 4) is 0 Å². The lowest BCUT2D eigenvalue weighted by atomic mass is 9.97. The molecular formula is C17H27N3OS. The minimum absolute atomic E-state index is 0.0704. The molecule has 0 aromatic carbocycles. The van der Waals surface area contributed by atoms with Gasteiger partial charge >= 0.3 is 0 Å². The molecule has 0 aliphatic heterocycles. The summed E-state index contributed by atoms with van der Waals surface area (Å²) >= 11 is 1.48. The Morgan fingerprint density at radius 2 is 2.27 bits per heavy atom. The van der Waals surface area contributed by atoms with E-state index in [0.29, 0.717) is 18.2 Å². The Morgan fingerprint density at radius 3 is 2.95 bits per heavy atom. The Labute approximate surface area is 137 Å². The van der Waals surface area contributed by atoms with Crippen molar-refractivity contribution in [1.82, 2.24) is 10.3 Å². The fourth-order valence-electron chi connectivity index (χ4n) is 2.73. The van der Waals surface area contributed by atoms with Crippen molar-refractivity contribution in [2.45, 2.75) is 58.4 Å². The molecule has 0 fully saturated rings. The average Bonchev–Trinajstić information content (AvgIpc) is 2.97. The number of allylic oxidation sites excluding steroid dienone is 1. The summed E-state index contributed by atoms with van der Waals surface area (Å²) in [4.78, 5) is 16.5. The molecule has 2 rings (SSSR count). The summed E-state index contributed by atoms with van der Waals surface area (Å²) in [6, 6.07) is -0.0704. The van der Waals surface area contributed by atoms with E-state index in [2.05, 4.69) is 30.2 Å². The molecule has 1 atom stereocenters. The largest absolute Gasteiger partial charge is 0.350 e. The van der Waals surface area contributed by atoms with Crippen molar-refractivity contribution in [1.29, 1.82) is 0 Å². The molecule has 1 aliphatic rings. The number of nitrogens with two attached hydrogens (primary N) is 1. The number of carbonyl (C=O) groups excluding carboxylic acids is 1. The van der Waals surface area contributed by atoms with E-state index in [4.69, 9.17) is 5.73 Å². The molecule has 1 unspecified atom stereocenters. The topological polar surface area (TPSA) is 68.0 Å². The van der Waals surface area contributed by atoms with Crippen molar-refractivity contribution in [2.75, 3.05) is 6.54 Å². The molecule has 1 aromatic heterocycles. The van der Waals surface area contributed by atoms with Gasteiger partial charge in [0, 0.05) is 11.9 Å². The van der Waals surface area contributed by atoms with Gasteiger partial charge in [-0.15, -0.1) is 11.3 Å². The first kappa shape index (κ1) is 17.2. The summed E-state index contributed by atoms with van der Waals surface area (Å²) in [7, 11) is 0. The van der Waals surface area contributed by atoms with Crippen molar-refractivity contribution < 1.29 is 4.79 Å². The van der Waals surface area contributed by atoms with Gasteiger partial charge in [-0.3, -0.25) is 4.79 Å². The fourth-order valence-corrected chi connectivity index (χ4v) is 3.54. The molecule has 5 heteroatoms. The first-order chi connectivity index (χ1) is 10.6. The van der Waals surface area contributed by atoms with E-state index < -0.39 is 0 Å². The minimum Gasteiger partial charge on any atom is -0.350 e. The highest BCUT2D eigenvalue weighted by molar-refractivity contribution is 7.09. The van der Waals surface area contributed by atoms with Crippen LogP contribution in [0.5, 0.6) is 0 Å². The van der Waals surface area contributed by atoms with Crippen molar-refractivity contribution in [3.63, 3.8) is 0 Å². The summed E-state index contributed by atoms with van der Waals surface area (Å²) in [6.07, 6.45) is 9.12. The van der Waals surface area contributed by atoms with E-state index in [9.17, 15) is 4.79 Å². The van der Waals surface area contributed by atoms with Gasteiger partial charge in [0.25, 0.3) is 5.91 Å². The molecule has 3 N–H and O–H groups in total. The highest BCUT2D eigenvalue weighted by Gasteiger charge is 2.16.